The number of fused-ring (bicyclic) bond motifs is 1. The topological polar surface area (TPSA) is 64.1 Å². The second kappa shape index (κ2) is 10.8. The van der Waals surface area contributed by atoms with Crippen molar-refractivity contribution < 1.29 is 18.6 Å². The third kappa shape index (κ3) is 5.86. The van der Waals surface area contributed by atoms with Crippen molar-refractivity contribution in [3.8, 4) is 11.5 Å². The van der Waals surface area contributed by atoms with Crippen LogP contribution in [0.4, 0.5) is 4.39 Å². The molecule has 30 heavy (non-hydrogen) atoms. The van der Waals surface area contributed by atoms with Gasteiger partial charge in [-0.15, -0.1) is 0 Å². The average Bonchev–Trinajstić information content (AvgIpc) is 2.73. The second-order valence-corrected chi connectivity index (χ2v) is 7.17. The first kappa shape index (κ1) is 21.9. The highest BCUT2D eigenvalue weighted by atomic mass is 19.1. The summed E-state index contributed by atoms with van der Waals surface area (Å²) < 4.78 is 30.2. The molecule has 0 aromatic heterocycles. The third-order valence-electron chi connectivity index (χ3n) is 4.87. The number of hydrogen-bond donors (Lipinski definition) is 2. The Hall–Kier alpha value is -2.80. The fourth-order valence-electron chi connectivity index (χ4n) is 3.49. The standard InChI is InChI=1S/C23H30FN3O3/c1-4-25-23(26-9-7-17-11-16(2)5-6-21(17)28-3)27-10-8-18-12-20(24)13-19-14-29-15-30-22(18)19/h5-6,11-13H,4,7-10,14-15H2,1-3H3,(H2,25,26,27). The molecule has 1 aliphatic rings. The molecule has 6 nitrogen and oxygen atoms in total. The maximum Gasteiger partial charge on any atom is 0.191 e. The monoisotopic (exact) mass is 415 g/mol. The first-order valence-corrected chi connectivity index (χ1v) is 10.3. The molecule has 0 saturated heterocycles. The maximum atomic E-state index is 13.9. The van der Waals surface area contributed by atoms with Gasteiger partial charge in [0.1, 0.15) is 17.3 Å². The van der Waals surface area contributed by atoms with Crippen molar-refractivity contribution in [2.45, 2.75) is 33.3 Å². The predicted molar refractivity (Wildman–Crippen MR) is 116 cm³/mol. The number of ether oxygens (including phenoxy) is 3. The summed E-state index contributed by atoms with van der Waals surface area (Å²) in [6.07, 6.45) is 1.41. The number of nitrogens with one attached hydrogen (secondary N) is 2. The Balaban J connectivity index is 1.59. The van der Waals surface area contributed by atoms with E-state index >= 15 is 0 Å². The van der Waals surface area contributed by atoms with Crippen LogP contribution in [0.3, 0.4) is 0 Å². The van der Waals surface area contributed by atoms with Crippen molar-refractivity contribution in [2.75, 3.05) is 33.5 Å². The van der Waals surface area contributed by atoms with Crippen molar-refractivity contribution in [1.29, 1.82) is 0 Å². The van der Waals surface area contributed by atoms with Gasteiger partial charge in [0.15, 0.2) is 12.8 Å². The molecule has 3 rings (SSSR count). The number of hydrogen-bond acceptors (Lipinski definition) is 4. The molecule has 7 heteroatoms. The number of nitrogens with zero attached hydrogens (tertiary/aromatic N) is 1. The molecular formula is C23H30FN3O3. The van der Waals surface area contributed by atoms with Crippen molar-refractivity contribution in [3.05, 3.63) is 58.4 Å². The minimum absolute atomic E-state index is 0.200. The van der Waals surface area contributed by atoms with E-state index in [4.69, 9.17) is 14.2 Å². The van der Waals surface area contributed by atoms with Crippen LogP contribution in [-0.2, 0) is 24.2 Å². The Morgan fingerprint density at radius 3 is 2.83 bits per heavy atom. The summed E-state index contributed by atoms with van der Waals surface area (Å²) >= 11 is 0. The smallest absolute Gasteiger partial charge is 0.191 e. The third-order valence-corrected chi connectivity index (χ3v) is 4.87. The lowest BCUT2D eigenvalue weighted by Crippen LogP contribution is -2.38. The van der Waals surface area contributed by atoms with Gasteiger partial charge in [0, 0.05) is 25.2 Å². The summed E-state index contributed by atoms with van der Waals surface area (Å²) in [5, 5.41) is 6.57. The molecule has 1 aliphatic heterocycles. The number of aliphatic imine (C=N–C) groups is 1. The van der Waals surface area contributed by atoms with Crippen LogP contribution >= 0.6 is 0 Å². The van der Waals surface area contributed by atoms with Gasteiger partial charge < -0.3 is 24.8 Å². The van der Waals surface area contributed by atoms with E-state index in [1.54, 1.807) is 7.11 Å². The number of methoxy groups -OCH3 is 1. The van der Waals surface area contributed by atoms with E-state index in [-0.39, 0.29) is 12.6 Å². The molecule has 0 unspecified atom stereocenters. The Bertz CT molecular complexity index is 886. The quantitative estimate of drug-likeness (QED) is 0.511. The number of halogens is 1. The van der Waals surface area contributed by atoms with Gasteiger partial charge >= 0.3 is 0 Å². The van der Waals surface area contributed by atoms with E-state index in [2.05, 4.69) is 28.6 Å². The summed E-state index contributed by atoms with van der Waals surface area (Å²) in [5.41, 5.74) is 3.93. The fraction of sp³-hybridized carbons (Fsp3) is 0.435. The highest BCUT2D eigenvalue weighted by Crippen LogP contribution is 2.29. The first-order valence-electron chi connectivity index (χ1n) is 10.3. The van der Waals surface area contributed by atoms with Gasteiger partial charge in [-0.05, 0) is 56.0 Å². The Kier molecular flexibility index (Phi) is 7.90. The number of guanidine groups is 1. The fourth-order valence-corrected chi connectivity index (χ4v) is 3.49. The summed E-state index contributed by atoms with van der Waals surface area (Å²) in [6, 6.07) is 9.16. The van der Waals surface area contributed by atoms with Crippen molar-refractivity contribution >= 4 is 5.96 Å². The zero-order chi connectivity index (χ0) is 21.3. The molecule has 0 fully saturated rings. The van der Waals surface area contributed by atoms with Gasteiger partial charge in [0.25, 0.3) is 0 Å². The number of benzene rings is 2. The van der Waals surface area contributed by atoms with Gasteiger partial charge in [-0.2, -0.15) is 0 Å². The average molecular weight is 416 g/mol. The lowest BCUT2D eigenvalue weighted by atomic mass is 10.1. The zero-order valence-corrected chi connectivity index (χ0v) is 17.9. The SMILES string of the molecule is CCNC(=NCCc1cc(C)ccc1OC)NCCc1cc(F)cc2c1OCOC2. The van der Waals surface area contributed by atoms with Crippen molar-refractivity contribution in [2.24, 2.45) is 4.99 Å². The molecule has 2 aromatic carbocycles. The van der Waals surface area contributed by atoms with Crippen LogP contribution in [0.1, 0.15) is 29.2 Å². The Morgan fingerprint density at radius 2 is 2.03 bits per heavy atom. The van der Waals surface area contributed by atoms with E-state index in [0.717, 1.165) is 47.1 Å². The molecule has 0 aliphatic carbocycles. The van der Waals surface area contributed by atoms with Crippen LogP contribution in [0.5, 0.6) is 11.5 Å². The van der Waals surface area contributed by atoms with E-state index in [9.17, 15) is 4.39 Å². The molecule has 2 aromatic rings. The minimum atomic E-state index is -0.273. The van der Waals surface area contributed by atoms with E-state index in [0.29, 0.717) is 26.1 Å². The highest BCUT2D eigenvalue weighted by Gasteiger charge is 2.16. The van der Waals surface area contributed by atoms with E-state index in [1.165, 1.54) is 17.7 Å². The van der Waals surface area contributed by atoms with Crippen molar-refractivity contribution in [1.82, 2.24) is 10.6 Å². The van der Waals surface area contributed by atoms with E-state index < -0.39 is 0 Å². The van der Waals surface area contributed by atoms with Crippen LogP contribution in [0, 0.1) is 12.7 Å². The normalized spacial score (nSPS) is 13.4. The largest absolute Gasteiger partial charge is 0.496 e. The Labute approximate surface area is 177 Å². The van der Waals surface area contributed by atoms with Crippen LogP contribution < -0.4 is 20.1 Å². The van der Waals surface area contributed by atoms with Crippen LogP contribution in [0.25, 0.3) is 0 Å². The maximum absolute atomic E-state index is 13.9. The summed E-state index contributed by atoms with van der Waals surface area (Å²) in [4.78, 5) is 4.66. The molecule has 0 radical (unpaired) electrons. The molecule has 0 saturated carbocycles. The van der Waals surface area contributed by atoms with Crippen LogP contribution in [-0.4, -0.2) is 39.5 Å². The summed E-state index contributed by atoms with van der Waals surface area (Å²) in [7, 11) is 1.68. The molecule has 0 bridgehead atoms. The van der Waals surface area contributed by atoms with Crippen molar-refractivity contribution in [3.63, 3.8) is 0 Å². The summed E-state index contributed by atoms with van der Waals surface area (Å²) in [6.45, 7) is 6.67. The molecule has 162 valence electrons. The zero-order valence-electron chi connectivity index (χ0n) is 17.9. The molecule has 2 N–H and O–H groups in total. The lowest BCUT2D eigenvalue weighted by Gasteiger charge is -2.21. The Morgan fingerprint density at radius 1 is 1.17 bits per heavy atom. The molecule has 0 atom stereocenters. The highest BCUT2D eigenvalue weighted by molar-refractivity contribution is 5.79. The van der Waals surface area contributed by atoms with Gasteiger partial charge in [0.05, 0.1) is 13.7 Å². The lowest BCUT2D eigenvalue weighted by molar-refractivity contribution is -0.0172. The predicted octanol–water partition coefficient (Wildman–Crippen LogP) is 3.35. The summed E-state index contributed by atoms with van der Waals surface area (Å²) in [5.74, 6) is 2.08. The molecular weight excluding hydrogens is 385 g/mol. The van der Waals surface area contributed by atoms with E-state index in [1.807, 2.05) is 19.1 Å². The minimum Gasteiger partial charge on any atom is -0.496 e. The number of aryl methyl sites for hydroxylation is 1. The molecule has 1 heterocycles. The van der Waals surface area contributed by atoms with Gasteiger partial charge in [-0.25, -0.2) is 4.39 Å². The van der Waals surface area contributed by atoms with Gasteiger partial charge in [0.2, 0.25) is 0 Å². The molecule has 0 spiro atoms. The number of rotatable bonds is 8. The van der Waals surface area contributed by atoms with Crippen LogP contribution in [0.15, 0.2) is 35.3 Å². The van der Waals surface area contributed by atoms with Crippen LogP contribution in [0.2, 0.25) is 0 Å². The van der Waals surface area contributed by atoms with Gasteiger partial charge in [-0.1, -0.05) is 17.7 Å². The molecule has 0 amide bonds. The first-order chi connectivity index (χ1) is 14.6. The second-order valence-electron chi connectivity index (χ2n) is 7.17. The van der Waals surface area contributed by atoms with Gasteiger partial charge in [-0.3, -0.25) is 4.99 Å².